The maximum absolute atomic E-state index is 13.1. The van der Waals surface area contributed by atoms with Crippen LogP contribution in [0.15, 0.2) is 71.2 Å². The number of nitriles is 1. The Morgan fingerprint density at radius 1 is 1.08 bits per heavy atom. The van der Waals surface area contributed by atoms with Crippen molar-refractivity contribution in [2.75, 3.05) is 25.7 Å². The van der Waals surface area contributed by atoms with E-state index in [9.17, 15) is 28.0 Å². The van der Waals surface area contributed by atoms with Crippen LogP contribution in [0.4, 0.5) is 18.9 Å². The Morgan fingerprint density at radius 3 is 2.28 bits per heavy atom. The molecule has 0 saturated carbocycles. The normalized spacial score (nSPS) is 15.9. The zero-order valence-electron chi connectivity index (χ0n) is 19.6. The number of halogens is 3. The van der Waals surface area contributed by atoms with E-state index >= 15 is 0 Å². The third kappa shape index (κ3) is 5.12. The topological polar surface area (TPSA) is 115 Å². The second kappa shape index (κ2) is 10.4. The number of nitrogens with two attached hydrogens (primary N) is 1. The molecule has 2 aromatic carbocycles. The second-order valence-electron chi connectivity index (χ2n) is 7.71. The first-order valence-corrected chi connectivity index (χ1v) is 10.5. The SMILES string of the molecule is COC(=O)C1=C(C(=O)OC)N(c2ccc(C)cc2OCC(F)(F)F)C(N)=C(C#N)C1c1ccccc1. The molecule has 0 radical (unpaired) electrons. The van der Waals surface area contributed by atoms with Gasteiger partial charge in [-0.1, -0.05) is 36.4 Å². The molecule has 0 saturated heterocycles. The van der Waals surface area contributed by atoms with E-state index < -0.39 is 36.3 Å². The van der Waals surface area contributed by atoms with Crippen molar-refractivity contribution in [1.82, 2.24) is 0 Å². The molecule has 11 heteroatoms. The molecule has 1 aliphatic heterocycles. The third-order valence-corrected chi connectivity index (χ3v) is 5.36. The van der Waals surface area contributed by atoms with E-state index in [4.69, 9.17) is 19.9 Å². The van der Waals surface area contributed by atoms with E-state index in [0.29, 0.717) is 11.1 Å². The quantitative estimate of drug-likeness (QED) is 0.594. The highest BCUT2D eigenvalue weighted by atomic mass is 19.4. The first-order chi connectivity index (χ1) is 17.0. The van der Waals surface area contributed by atoms with Gasteiger partial charge in [-0.25, -0.2) is 9.59 Å². The van der Waals surface area contributed by atoms with Gasteiger partial charge < -0.3 is 19.9 Å². The minimum absolute atomic E-state index is 0.108. The fraction of sp³-hybridized carbons (Fsp3) is 0.240. The molecule has 2 N–H and O–H groups in total. The molecular formula is C25H22F3N3O5. The number of ether oxygens (including phenoxy) is 3. The molecular weight excluding hydrogens is 479 g/mol. The average Bonchev–Trinajstić information content (AvgIpc) is 2.86. The Kier molecular flexibility index (Phi) is 7.58. The van der Waals surface area contributed by atoms with E-state index in [-0.39, 0.29) is 28.4 Å². The van der Waals surface area contributed by atoms with Crippen molar-refractivity contribution in [3.63, 3.8) is 0 Å². The van der Waals surface area contributed by atoms with Crippen LogP contribution in [0.25, 0.3) is 0 Å². The number of nitrogens with zero attached hydrogens (tertiary/aromatic N) is 2. The summed E-state index contributed by atoms with van der Waals surface area (Å²) in [6.45, 7) is 0.00248. The summed E-state index contributed by atoms with van der Waals surface area (Å²) < 4.78 is 53.8. The lowest BCUT2D eigenvalue weighted by molar-refractivity contribution is -0.153. The van der Waals surface area contributed by atoms with Crippen LogP contribution in [0.1, 0.15) is 17.0 Å². The van der Waals surface area contributed by atoms with Crippen molar-refractivity contribution in [3.8, 4) is 11.8 Å². The largest absolute Gasteiger partial charge is 0.482 e. The lowest BCUT2D eigenvalue weighted by atomic mass is 9.81. The van der Waals surface area contributed by atoms with Gasteiger partial charge in [0.15, 0.2) is 6.61 Å². The van der Waals surface area contributed by atoms with Crippen molar-refractivity contribution in [2.24, 2.45) is 5.73 Å². The summed E-state index contributed by atoms with van der Waals surface area (Å²) in [4.78, 5) is 27.1. The molecule has 1 unspecified atom stereocenters. The average molecular weight is 501 g/mol. The van der Waals surface area contributed by atoms with Crippen molar-refractivity contribution < 1.29 is 37.0 Å². The molecule has 2 aromatic rings. The minimum Gasteiger partial charge on any atom is -0.482 e. The Balaban J connectivity index is 2.38. The van der Waals surface area contributed by atoms with Gasteiger partial charge in [-0.15, -0.1) is 0 Å². The Labute approximate surface area is 205 Å². The van der Waals surface area contributed by atoms with Crippen LogP contribution in [0.5, 0.6) is 5.75 Å². The van der Waals surface area contributed by atoms with E-state index in [1.54, 1.807) is 43.3 Å². The van der Waals surface area contributed by atoms with Crippen molar-refractivity contribution in [3.05, 3.63) is 82.3 Å². The number of rotatable bonds is 6. The highest BCUT2D eigenvalue weighted by molar-refractivity contribution is 6.06. The molecule has 0 spiro atoms. The number of alkyl halides is 3. The zero-order valence-corrected chi connectivity index (χ0v) is 19.6. The van der Waals surface area contributed by atoms with Crippen molar-refractivity contribution in [1.29, 1.82) is 5.26 Å². The highest BCUT2D eigenvalue weighted by Crippen LogP contribution is 2.45. The Bertz CT molecular complexity index is 1280. The highest BCUT2D eigenvalue weighted by Gasteiger charge is 2.43. The maximum Gasteiger partial charge on any atom is 0.422 e. The maximum atomic E-state index is 13.1. The van der Waals surface area contributed by atoms with Crippen LogP contribution in [-0.2, 0) is 19.1 Å². The summed E-state index contributed by atoms with van der Waals surface area (Å²) in [7, 11) is 2.16. The van der Waals surface area contributed by atoms with E-state index in [1.807, 2.05) is 6.07 Å². The summed E-state index contributed by atoms with van der Waals surface area (Å²) >= 11 is 0. The number of aryl methyl sites for hydroxylation is 1. The number of allylic oxidation sites excluding steroid dienone is 1. The zero-order chi connectivity index (χ0) is 26.6. The molecule has 0 aromatic heterocycles. The number of esters is 2. The van der Waals surface area contributed by atoms with Gasteiger partial charge in [0, 0.05) is 0 Å². The third-order valence-electron chi connectivity index (χ3n) is 5.36. The lowest BCUT2D eigenvalue weighted by Gasteiger charge is -2.36. The van der Waals surface area contributed by atoms with E-state index in [0.717, 1.165) is 19.1 Å². The van der Waals surface area contributed by atoms with Gasteiger partial charge >= 0.3 is 18.1 Å². The fourth-order valence-electron chi connectivity index (χ4n) is 3.84. The fourth-order valence-corrected chi connectivity index (χ4v) is 3.84. The van der Waals surface area contributed by atoms with E-state index in [1.165, 1.54) is 12.1 Å². The molecule has 8 nitrogen and oxygen atoms in total. The van der Waals surface area contributed by atoms with Crippen molar-refractivity contribution in [2.45, 2.75) is 19.0 Å². The number of hydrogen-bond acceptors (Lipinski definition) is 8. The minimum atomic E-state index is -4.65. The number of hydrogen-bond donors (Lipinski definition) is 1. The summed E-state index contributed by atoms with van der Waals surface area (Å²) in [6.07, 6.45) is -4.65. The summed E-state index contributed by atoms with van der Waals surface area (Å²) in [6, 6.07) is 14.5. The number of methoxy groups -OCH3 is 2. The molecule has 3 rings (SSSR count). The number of carbonyl (C=O) groups excluding carboxylic acids is 2. The van der Waals surface area contributed by atoms with Gasteiger partial charge in [0.1, 0.15) is 17.3 Å². The van der Waals surface area contributed by atoms with Crippen LogP contribution >= 0.6 is 0 Å². The molecule has 36 heavy (non-hydrogen) atoms. The van der Waals surface area contributed by atoms with Gasteiger partial charge in [0.25, 0.3) is 0 Å². The molecule has 0 bridgehead atoms. The smallest absolute Gasteiger partial charge is 0.422 e. The molecule has 0 amide bonds. The van der Waals surface area contributed by atoms with Crippen LogP contribution in [-0.4, -0.2) is 38.9 Å². The predicted molar refractivity (Wildman–Crippen MR) is 122 cm³/mol. The summed E-state index contributed by atoms with van der Waals surface area (Å²) in [5, 5.41) is 10.1. The van der Waals surface area contributed by atoms with E-state index in [2.05, 4.69) is 0 Å². The molecule has 1 heterocycles. The molecule has 188 valence electrons. The molecule has 1 atom stereocenters. The summed E-state index contributed by atoms with van der Waals surface area (Å²) in [5.41, 5.74) is 6.45. The predicted octanol–water partition coefficient (Wildman–Crippen LogP) is 3.83. The monoisotopic (exact) mass is 501 g/mol. The van der Waals surface area contributed by atoms with Gasteiger partial charge in [-0.2, -0.15) is 18.4 Å². The number of benzene rings is 2. The van der Waals surface area contributed by atoms with Crippen LogP contribution < -0.4 is 15.4 Å². The van der Waals surface area contributed by atoms with Crippen LogP contribution in [0.2, 0.25) is 0 Å². The first-order valence-electron chi connectivity index (χ1n) is 10.5. The summed E-state index contributed by atoms with van der Waals surface area (Å²) in [5.74, 6) is -3.67. The van der Waals surface area contributed by atoms with Gasteiger partial charge in [0.05, 0.1) is 43.0 Å². The van der Waals surface area contributed by atoms with Crippen LogP contribution in [0.3, 0.4) is 0 Å². The second-order valence-corrected chi connectivity index (χ2v) is 7.71. The van der Waals surface area contributed by atoms with Crippen LogP contribution in [0, 0.1) is 18.3 Å². The Hall–Kier alpha value is -4.46. The first kappa shape index (κ1) is 26.2. The van der Waals surface area contributed by atoms with Crippen molar-refractivity contribution >= 4 is 17.6 Å². The Morgan fingerprint density at radius 2 is 1.72 bits per heavy atom. The van der Waals surface area contributed by atoms with Gasteiger partial charge in [-0.3, -0.25) is 4.90 Å². The standard InChI is InChI=1S/C25H22F3N3O5/c1-14-9-10-17(18(11-14)36-13-25(26,27)28)31-21(24(33)35-3)20(23(32)34-2)19(16(12-29)22(31)30)15-7-5-4-6-8-15/h4-11,19H,13,30H2,1-3H3. The number of anilines is 1. The number of carbonyl (C=O) groups is 2. The molecule has 1 aliphatic rings. The van der Waals surface area contributed by atoms with Gasteiger partial charge in [0.2, 0.25) is 0 Å². The van der Waals surface area contributed by atoms with Gasteiger partial charge in [-0.05, 0) is 30.2 Å². The molecule has 0 aliphatic carbocycles. The molecule has 0 fully saturated rings. The lowest BCUT2D eigenvalue weighted by Crippen LogP contribution is -2.41.